The Morgan fingerprint density at radius 3 is 2.61 bits per heavy atom. The topological polar surface area (TPSA) is 48.1 Å². The average molecular weight is 325 g/mol. The summed E-state index contributed by atoms with van der Waals surface area (Å²) in [4.78, 5) is 17.9. The molecule has 3 aromatic rings. The fraction of sp³-hybridized carbons (Fsp3) is 0.278. The molecule has 0 saturated carbocycles. The smallest absolute Gasteiger partial charge is 0.272 e. The van der Waals surface area contributed by atoms with Crippen LogP contribution in [0.25, 0.3) is 10.2 Å². The zero-order chi connectivity index (χ0) is 15.6. The van der Waals surface area contributed by atoms with Gasteiger partial charge in [0.1, 0.15) is 5.69 Å². The van der Waals surface area contributed by atoms with E-state index in [-0.39, 0.29) is 5.91 Å². The molecule has 0 aliphatic carbocycles. The van der Waals surface area contributed by atoms with Gasteiger partial charge in [-0.3, -0.25) is 4.79 Å². The van der Waals surface area contributed by atoms with Crippen molar-refractivity contribution in [2.75, 3.05) is 23.3 Å². The number of aromatic amines is 1. The van der Waals surface area contributed by atoms with Gasteiger partial charge in [-0.25, -0.2) is 0 Å². The second-order valence-corrected chi connectivity index (χ2v) is 6.88. The Labute approximate surface area is 139 Å². The van der Waals surface area contributed by atoms with Gasteiger partial charge in [-0.15, -0.1) is 11.3 Å². The Balaban J connectivity index is 1.45. The van der Waals surface area contributed by atoms with Gasteiger partial charge in [-0.1, -0.05) is 0 Å². The number of carbonyl (C=O) groups is 1. The van der Waals surface area contributed by atoms with E-state index >= 15 is 0 Å². The molecule has 0 atom stereocenters. The number of nitrogens with zero attached hydrogens (tertiary/aromatic N) is 1. The van der Waals surface area contributed by atoms with Crippen LogP contribution < -0.4 is 10.2 Å². The Morgan fingerprint density at radius 2 is 1.87 bits per heavy atom. The molecule has 1 aliphatic heterocycles. The Hall–Kier alpha value is -2.27. The molecule has 1 amide bonds. The Morgan fingerprint density at radius 1 is 1.09 bits per heavy atom. The second-order valence-electron chi connectivity index (χ2n) is 5.93. The van der Waals surface area contributed by atoms with Gasteiger partial charge < -0.3 is 15.2 Å². The van der Waals surface area contributed by atoms with Crippen molar-refractivity contribution in [1.82, 2.24) is 4.98 Å². The number of carbonyl (C=O) groups excluding carboxylic acids is 1. The van der Waals surface area contributed by atoms with Crippen LogP contribution in [0.5, 0.6) is 0 Å². The van der Waals surface area contributed by atoms with Crippen molar-refractivity contribution >= 4 is 38.8 Å². The number of aromatic nitrogens is 1. The van der Waals surface area contributed by atoms with Crippen LogP contribution in [0.15, 0.2) is 41.8 Å². The van der Waals surface area contributed by atoms with E-state index in [1.165, 1.54) is 24.9 Å². The lowest BCUT2D eigenvalue weighted by Crippen LogP contribution is -2.29. The third-order valence-corrected chi connectivity index (χ3v) is 5.19. The van der Waals surface area contributed by atoms with Crippen LogP contribution in [0.4, 0.5) is 11.4 Å². The molecule has 5 heteroatoms. The number of thiophene rings is 1. The first-order valence-electron chi connectivity index (χ1n) is 8.02. The second kappa shape index (κ2) is 6.08. The zero-order valence-corrected chi connectivity index (χ0v) is 13.7. The van der Waals surface area contributed by atoms with Gasteiger partial charge in [0.05, 0.1) is 10.2 Å². The van der Waals surface area contributed by atoms with E-state index in [1.54, 1.807) is 11.3 Å². The third-order valence-electron chi connectivity index (χ3n) is 4.33. The van der Waals surface area contributed by atoms with Crippen LogP contribution >= 0.6 is 11.3 Å². The number of hydrogen-bond acceptors (Lipinski definition) is 3. The minimum atomic E-state index is -0.0980. The normalized spacial score (nSPS) is 15.0. The molecule has 0 bridgehead atoms. The molecule has 2 N–H and O–H groups in total. The summed E-state index contributed by atoms with van der Waals surface area (Å²) in [7, 11) is 0. The largest absolute Gasteiger partial charge is 0.372 e. The summed E-state index contributed by atoms with van der Waals surface area (Å²) in [5, 5.41) is 4.97. The van der Waals surface area contributed by atoms with E-state index in [2.05, 4.69) is 27.3 Å². The van der Waals surface area contributed by atoms with Gasteiger partial charge >= 0.3 is 0 Å². The lowest BCUT2D eigenvalue weighted by Gasteiger charge is -2.28. The van der Waals surface area contributed by atoms with Crippen molar-refractivity contribution in [1.29, 1.82) is 0 Å². The minimum Gasteiger partial charge on any atom is -0.372 e. The van der Waals surface area contributed by atoms with Gasteiger partial charge in [-0.2, -0.15) is 0 Å². The molecule has 4 rings (SSSR count). The number of amides is 1. The Kier molecular flexibility index (Phi) is 3.79. The van der Waals surface area contributed by atoms with Crippen molar-refractivity contribution in [2.45, 2.75) is 19.3 Å². The van der Waals surface area contributed by atoms with E-state index in [1.807, 2.05) is 29.6 Å². The molecule has 0 spiro atoms. The molecule has 118 valence electrons. The zero-order valence-electron chi connectivity index (χ0n) is 12.8. The van der Waals surface area contributed by atoms with Crippen molar-refractivity contribution in [2.24, 2.45) is 0 Å². The van der Waals surface area contributed by atoms with E-state index in [0.717, 1.165) is 29.0 Å². The summed E-state index contributed by atoms with van der Waals surface area (Å²) in [5.41, 5.74) is 3.68. The number of H-pyrrole nitrogens is 1. The lowest BCUT2D eigenvalue weighted by atomic mass is 10.1. The Bertz CT molecular complexity index is 784. The molecular weight excluding hydrogens is 306 g/mol. The summed E-state index contributed by atoms with van der Waals surface area (Å²) >= 11 is 1.63. The highest BCUT2D eigenvalue weighted by Crippen LogP contribution is 2.24. The van der Waals surface area contributed by atoms with Crippen molar-refractivity contribution in [3.8, 4) is 0 Å². The molecule has 0 unspecified atom stereocenters. The molecule has 3 heterocycles. The molecule has 2 aromatic heterocycles. The summed E-state index contributed by atoms with van der Waals surface area (Å²) in [5.74, 6) is -0.0980. The number of benzene rings is 1. The predicted molar refractivity (Wildman–Crippen MR) is 96.6 cm³/mol. The fourth-order valence-electron chi connectivity index (χ4n) is 3.08. The number of rotatable bonds is 3. The molecule has 1 aromatic carbocycles. The third kappa shape index (κ3) is 2.97. The first-order chi connectivity index (χ1) is 11.3. The van der Waals surface area contributed by atoms with Crippen LogP contribution in [0.1, 0.15) is 29.8 Å². The fourth-order valence-corrected chi connectivity index (χ4v) is 3.86. The SMILES string of the molecule is O=C(Nc1ccc(N2CCCCC2)cc1)c1cc2sccc2[nH]1. The number of piperidine rings is 1. The van der Waals surface area contributed by atoms with Crippen molar-refractivity contribution in [3.05, 3.63) is 47.5 Å². The summed E-state index contributed by atoms with van der Waals surface area (Å²) < 4.78 is 1.11. The van der Waals surface area contributed by atoms with E-state index < -0.39 is 0 Å². The first-order valence-corrected chi connectivity index (χ1v) is 8.90. The summed E-state index contributed by atoms with van der Waals surface area (Å²) in [6.45, 7) is 2.26. The highest BCUT2D eigenvalue weighted by Gasteiger charge is 2.12. The molecule has 1 saturated heterocycles. The van der Waals surface area contributed by atoms with E-state index in [4.69, 9.17) is 0 Å². The number of fused-ring (bicyclic) bond motifs is 1. The molecule has 23 heavy (non-hydrogen) atoms. The molecule has 1 aliphatic rings. The van der Waals surface area contributed by atoms with Crippen LogP contribution in [0.2, 0.25) is 0 Å². The van der Waals surface area contributed by atoms with Crippen LogP contribution in [0, 0.1) is 0 Å². The number of nitrogens with one attached hydrogen (secondary N) is 2. The van der Waals surface area contributed by atoms with Crippen molar-refractivity contribution in [3.63, 3.8) is 0 Å². The quantitative estimate of drug-likeness (QED) is 0.746. The molecule has 4 nitrogen and oxygen atoms in total. The summed E-state index contributed by atoms with van der Waals surface area (Å²) in [6.07, 6.45) is 3.86. The van der Waals surface area contributed by atoms with Gasteiger partial charge in [0, 0.05) is 24.5 Å². The van der Waals surface area contributed by atoms with Crippen LogP contribution in [0.3, 0.4) is 0 Å². The van der Waals surface area contributed by atoms with Gasteiger partial charge in [0.2, 0.25) is 0 Å². The standard InChI is InChI=1S/C18H19N3OS/c22-18(16-12-17-15(20-16)8-11-23-17)19-13-4-6-14(7-5-13)21-9-2-1-3-10-21/h4-8,11-12,20H,1-3,9-10H2,(H,19,22). The molecular formula is C18H19N3OS. The van der Waals surface area contributed by atoms with Crippen LogP contribution in [-0.2, 0) is 0 Å². The lowest BCUT2D eigenvalue weighted by molar-refractivity contribution is 0.102. The van der Waals surface area contributed by atoms with Crippen molar-refractivity contribution < 1.29 is 4.79 Å². The van der Waals surface area contributed by atoms with Gasteiger partial charge in [-0.05, 0) is 61.0 Å². The predicted octanol–water partition coefficient (Wildman–Crippen LogP) is 4.47. The highest BCUT2D eigenvalue weighted by atomic mass is 32.1. The molecule has 1 fully saturated rings. The summed E-state index contributed by atoms with van der Waals surface area (Å²) in [6, 6.07) is 12.0. The number of anilines is 2. The van der Waals surface area contributed by atoms with E-state index in [9.17, 15) is 4.79 Å². The maximum Gasteiger partial charge on any atom is 0.272 e. The van der Waals surface area contributed by atoms with Crippen LogP contribution in [-0.4, -0.2) is 24.0 Å². The minimum absolute atomic E-state index is 0.0980. The van der Waals surface area contributed by atoms with Gasteiger partial charge in [0.15, 0.2) is 0 Å². The van der Waals surface area contributed by atoms with Gasteiger partial charge in [0.25, 0.3) is 5.91 Å². The maximum atomic E-state index is 12.3. The highest BCUT2D eigenvalue weighted by molar-refractivity contribution is 7.17. The maximum absolute atomic E-state index is 12.3. The molecule has 0 radical (unpaired) electrons. The number of hydrogen-bond donors (Lipinski definition) is 2. The monoisotopic (exact) mass is 325 g/mol. The van der Waals surface area contributed by atoms with E-state index in [0.29, 0.717) is 5.69 Å². The first kappa shape index (κ1) is 14.3. The average Bonchev–Trinajstić information content (AvgIpc) is 3.18.